The molecule has 11 heavy (non-hydrogen) atoms. The monoisotopic (exact) mass is 185 g/mol. The van der Waals surface area contributed by atoms with Crippen LogP contribution < -0.4 is 10.1 Å². The van der Waals surface area contributed by atoms with Gasteiger partial charge >= 0.3 is 0 Å². The number of hydrogen-bond donors (Lipinski definition) is 1. The molecule has 0 aliphatic carbocycles. The summed E-state index contributed by atoms with van der Waals surface area (Å²) in [5.74, 6) is 0. The standard InChI is InChI=1S/C7H8N2S2/c1-11-7(10)8-9-5-3-2-4-6-9/h2-6H,1H3/p+1. The normalized spacial score (nSPS) is 9.18. The van der Waals surface area contributed by atoms with Crippen molar-refractivity contribution in [2.45, 2.75) is 0 Å². The Morgan fingerprint density at radius 3 is 2.55 bits per heavy atom. The number of nitrogens with zero attached hydrogens (tertiary/aromatic N) is 1. The van der Waals surface area contributed by atoms with E-state index in [9.17, 15) is 0 Å². The zero-order valence-corrected chi connectivity index (χ0v) is 7.78. The van der Waals surface area contributed by atoms with Gasteiger partial charge in [0.25, 0.3) is 0 Å². The molecule has 0 bridgehead atoms. The van der Waals surface area contributed by atoms with E-state index in [1.807, 2.05) is 41.5 Å². The second kappa shape index (κ2) is 4.31. The maximum absolute atomic E-state index is 4.97. The van der Waals surface area contributed by atoms with E-state index in [0.29, 0.717) is 0 Å². The van der Waals surface area contributed by atoms with E-state index in [0.717, 1.165) is 4.32 Å². The van der Waals surface area contributed by atoms with Gasteiger partial charge in [0.15, 0.2) is 16.7 Å². The topological polar surface area (TPSA) is 15.9 Å². The average Bonchev–Trinajstić information content (AvgIpc) is 2.06. The Kier molecular flexibility index (Phi) is 3.32. The summed E-state index contributed by atoms with van der Waals surface area (Å²) in [6.45, 7) is 0. The van der Waals surface area contributed by atoms with Gasteiger partial charge in [-0.05, 0) is 18.5 Å². The van der Waals surface area contributed by atoms with Gasteiger partial charge in [-0.1, -0.05) is 22.5 Å². The van der Waals surface area contributed by atoms with Gasteiger partial charge in [0.2, 0.25) is 0 Å². The van der Waals surface area contributed by atoms with Crippen molar-refractivity contribution in [3.63, 3.8) is 0 Å². The fraction of sp³-hybridized carbons (Fsp3) is 0.143. The molecule has 0 saturated carbocycles. The summed E-state index contributed by atoms with van der Waals surface area (Å²) >= 11 is 6.49. The van der Waals surface area contributed by atoms with Gasteiger partial charge in [-0.25, -0.2) is 0 Å². The lowest BCUT2D eigenvalue weighted by molar-refractivity contribution is -0.639. The lowest BCUT2D eigenvalue weighted by Gasteiger charge is -1.96. The molecule has 0 spiro atoms. The van der Waals surface area contributed by atoms with Crippen LogP contribution in [0, 0.1) is 0 Å². The van der Waals surface area contributed by atoms with E-state index in [1.165, 1.54) is 11.8 Å². The maximum Gasteiger partial charge on any atom is 0.199 e. The largest absolute Gasteiger partial charge is 0.199 e. The minimum absolute atomic E-state index is 0.765. The highest BCUT2D eigenvalue weighted by Gasteiger charge is 1.98. The molecule has 0 aliphatic rings. The van der Waals surface area contributed by atoms with Crippen molar-refractivity contribution < 1.29 is 4.68 Å². The van der Waals surface area contributed by atoms with Crippen molar-refractivity contribution >= 4 is 28.3 Å². The summed E-state index contributed by atoms with van der Waals surface area (Å²) in [6, 6.07) is 5.84. The molecule has 0 saturated heterocycles. The van der Waals surface area contributed by atoms with Gasteiger partial charge < -0.3 is 0 Å². The number of aromatic nitrogens is 1. The summed E-state index contributed by atoms with van der Waals surface area (Å²) in [6.07, 6.45) is 5.75. The van der Waals surface area contributed by atoms with Gasteiger partial charge in [0.1, 0.15) is 0 Å². The van der Waals surface area contributed by atoms with Crippen molar-refractivity contribution in [3.05, 3.63) is 30.6 Å². The summed E-state index contributed by atoms with van der Waals surface area (Å²) < 4.78 is 2.58. The van der Waals surface area contributed by atoms with Gasteiger partial charge in [-0.2, -0.15) is 0 Å². The molecule has 1 rings (SSSR count). The van der Waals surface area contributed by atoms with Crippen LogP contribution in [-0.4, -0.2) is 10.6 Å². The highest BCUT2D eigenvalue weighted by Crippen LogP contribution is 1.92. The van der Waals surface area contributed by atoms with Gasteiger partial charge in [0, 0.05) is 12.1 Å². The lowest BCUT2D eigenvalue weighted by atomic mass is 10.5. The maximum atomic E-state index is 4.97. The summed E-state index contributed by atoms with van der Waals surface area (Å²) in [5.41, 5.74) is 3.00. The minimum Gasteiger partial charge on any atom is -0.143 e. The minimum atomic E-state index is 0.765. The van der Waals surface area contributed by atoms with Crippen LogP contribution in [0.5, 0.6) is 0 Å². The van der Waals surface area contributed by atoms with Gasteiger partial charge in [0.05, 0.1) is 0 Å². The summed E-state index contributed by atoms with van der Waals surface area (Å²) in [5, 5.41) is 0. The van der Waals surface area contributed by atoms with Crippen molar-refractivity contribution in [1.29, 1.82) is 0 Å². The van der Waals surface area contributed by atoms with Crippen molar-refractivity contribution in [1.82, 2.24) is 0 Å². The highest BCUT2D eigenvalue weighted by molar-refractivity contribution is 8.22. The number of pyridine rings is 1. The molecular formula is C7H9N2S2+. The third-order valence-electron chi connectivity index (χ3n) is 1.12. The smallest absolute Gasteiger partial charge is 0.143 e. The Hall–Kier alpha value is -0.610. The second-order valence-corrected chi connectivity index (χ2v) is 3.37. The fourth-order valence-corrected chi connectivity index (χ4v) is 0.926. The molecule has 0 aliphatic heterocycles. The molecular weight excluding hydrogens is 176 g/mol. The van der Waals surface area contributed by atoms with E-state index >= 15 is 0 Å². The first-order valence-electron chi connectivity index (χ1n) is 3.14. The van der Waals surface area contributed by atoms with Crippen LogP contribution >= 0.6 is 24.0 Å². The number of rotatable bonds is 1. The zero-order valence-electron chi connectivity index (χ0n) is 6.15. The molecule has 0 atom stereocenters. The number of thioether (sulfide) groups is 1. The van der Waals surface area contributed by atoms with Gasteiger partial charge in [-0.3, -0.25) is 0 Å². The molecule has 0 radical (unpaired) electrons. The average molecular weight is 185 g/mol. The van der Waals surface area contributed by atoms with E-state index in [2.05, 4.69) is 5.43 Å². The van der Waals surface area contributed by atoms with Crippen LogP contribution in [0.3, 0.4) is 0 Å². The number of nitrogens with one attached hydrogen (secondary N) is 1. The zero-order chi connectivity index (χ0) is 8.10. The van der Waals surface area contributed by atoms with E-state index in [1.54, 1.807) is 0 Å². The van der Waals surface area contributed by atoms with Crippen molar-refractivity contribution in [3.8, 4) is 0 Å². The predicted molar refractivity (Wildman–Crippen MR) is 52.1 cm³/mol. The Morgan fingerprint density at radius 1 is 1.36 bits per heavy atom. The quantitative estimate of drug-likeness (QED) is 0.522. The summed E-state index contributed by atoms with van der Waals surface area (Å²) in [7, 11) is 0. The lowest BCUT2D eigenvalue weighted by Crippen LogP contribution is -2.45. The Bertz CT molecular complexity index is 235. The van der Waals surface area contributed by atoms with E-state index in [-0.39, 0.29) is 0 Å². The molecule has 1 heterocycles. The molecule has 1 aromatic rings. The molecule has 1 aromatic heterocycles. The fourth-order valence-electron chi connectivity index (χ4n) is 0.624. The van der Waals surface area contributed by atoms with Crippen LogP contribution in [-0.2, 0) is 0 Å². The first kappa shape index (κ1) is 8.49. The van der Waals surface area contributed by atoms with Crippen LogP contribution in [0.25, 0.3) is 0 Å². The first-order valence-corrected chi connectivity index (χ1v) is 4.77. The highest BCUT2D eigenvalue weighted by atomic mass is 32.2. The van der Waals surface area contributed by atoms with Crippen LogP contribution in [0.1, 0.15) is 0 Å². The molecule has 0 aromatic carbocycles. The van der Waals surface area contributed by atoms with Gasteiger partial charge in [-0.15, -0.1) is 5.43 Å². The van der Waals surface area contributed by atoms with E-state index in [4.69, 9.17) is 12.2 Å². The second-order valence-electron chi connectivity index (χ2n) is 1.89. The predicted octanol–water partition coefficient (Wildman–Crippen LogP) is 1.17. The van der Waals surface area contributed by atoms with Crippen LogP contribution in [0.2, 0.25) is 0 Å². The third kappa shape index (κ3) is 2.86. The molecule has 0 fully saturated rings. The Morgan fingerprint density at radius 2 is 2.00 bits per heavy atom. The van der Waals surface area contributed by atoms with Crippen molar-refractivity contribution in [2.75, 3.05) is 11.7 Å². The molecule has 0 amide bonds. The summed E-state index contributed by atoms with van der Waals surface area (Å²) in [4.78, 5) is 0. The number of thiocarbonyl (C=S) groups is 1. The molecule has 2 nitrogen and oxygen atoms in total. The molecule has 0 unspecified atom stereocenters. The Balaban J connectivity index is 2.58. The van der Waals surface area contributed by atoms with Crippen molar-refractivity contribution in [2.24, 2.45) is 0 Å². The van der Waals surface area contributed by atoms with E-state index < -0.39 is 0 Å². The van der Waals surface area contributed by atoms with Crippen LogP contribution in [0.15, 0.2) is 30.6 Å². The van der Waals surface area contributed by atoms with Crippen LogP contribution in [0.4, 0.5) is 0 Å². The Labute approximate surface area is 75.6 Å². The molecule has 58 valence electrons. The first-order chi connectivity index (χ1) is 5.33. The third-order valence-corrected chi connectivity index (χ3v) is 2.17. The molecule has 4 heteroatoms. The molecule has 1 N–H and O–H groups in total. The number of hydrogen-bond acceptors (Lipinski definition) is 2. The SMILES string of the molecule is CSC(=S)N[n+]1ccccc1.